The van der Waals surface area contributed by atoms with Crippen LogP contribution in [0.15, 0.2) is 127 Å². The average molecular weight is 1540 g/mol. The molecule has 590 valence electrons. The minimum Gasteiger partial charge on any atom is -0.456 e. The summed E-state index contributed by atoms with van der Waals surface area (Å²) < 4.78 is 129. The Morgan fingerprint density at radius 1 is 0.264 bits per heavy atom. The Morgan fingerprint density at radius 2 is 0.482 bits per heavy atom. The molecule has 5 aromatic rings. The first-order valence-corrected chi connectivity index (χ1v) is 35.2. The second-order valence-electron chi connectivity index (χ2n) is 26.5. The van der Waals surface area contributed by atoms with Crippen molar-refractivity contribution < 1.29 is 152 Å². The van der Waals surface area contributed by atoms with Gasteiger partial charge in [-0.15, -0.1) is 0 Å². The number of esters is 11. The van der Waals surface area contributed by atoms with Crippen molar-refractivity contribution in [1.82, 2.24) is 0 Å². The van der Waals surface area contributed by atoms with Gasteiger partial charge in [0.05, 0.1) is 61.9 Å². The molecule has 0 radical (unpaired) electrons. The number of benzene rings is 5. The van der Waals surface area contributed by atoms with E-state index in [0.29, 0.717) is 5.56 Å². The Labute approximate surface area is 631 Å². The van der Waals surface area contributed by atoms with E-state index in [1.807, 2.05) is 19.9 Å². The fourth-order valence-electron chi connectivity index (χ4n) is 12.6. The smallest absolute Gasteiger partial charge is 0.338 e. The van der Waals surface area contributed by atoms with E-state index in [1.165, 1.54) is 36.4 Å². The third-order valence-electron chi connectivity index (χ3n) is 17.7. The molecule has 5 fully saturated rings. The van der Waals surface area contributed by atoms with Crippen LogP contribution in [0.25, 0.3) is 0 Å². The van der Waals surface area contributed by atoms with Crippen LogP contribution in [0.1, 0.15) is 118 Å². The van der Waals surface area contributed by atoms with Crippen LogP contribution in [-0.4, -0.2) is 222 Å². The molecule has 0 unspecified atom stereocenters. The van der Waals surface area contributed by atoms with E-state index >= 15 is 0 Å². The van der Waals surface area contributed by atoms with E-state index in [1.54, 1.807) is 98.8 Å². The summed E-state index contributed by atoms with van der Waals surface area (Å²) in [4.78, 5) is 149. The van der Waals surface area contributed by atoms with Crippen molar-refractivity contribution in [2.24, 2.45) is 0 Å². The molecule has 110 heavy (non-hydrogen) atoms. The van der Waals surface area contributed by atoms with E-state index in [4.69, 9.17) is 99.5 Å². The van der Waals surface area contributed by atoms with Crippen molar-refractivity contribution >= 4 is 65.7 Å². The number of hydrogen-bond donors (Lipinski definition) is 0. The first-order valence-electron chi connectivity index (χ1n) is 35.2. The largest absolute Gasteiger partial charge is 0.456 e. The number of carbonyl (C=O) groups excluding carboxylic acids is 11. The minimum atomic E-state index is -1.94. The quantitative estimate of drug-likeness (QED) is 0.0440. The van der Waals surface area contributed by atoms with Gasteiger partial charge in [0.15, 0.2) is 98.6 Å². The molecule has 5 heterocycles. The molecule has 32 nitrogen and oxygen atoms in total. The lowest BCUT2D eigenvalue weighted by molar-refractivity contribution is -0.362. The van der Waals surface area contributed by atoms with Crippen molar-refractivity contribution in [2.45, 2.75) is 206 Å². The molecular formula is C78H86O32. The second-order valence-corrected chi connectivity index (χ2v) is 26.5. The van der Waals surface area contributed by atoms with Crippen molar-refractivity contribution in [3.05, 3.63) is 177 Å². The summed E-state index contributed by atoms with van der Waals surface area (Å²) in [6, 6.07) is 34.3. The number of hydrogen-bond acceptors (Lipinski definition) is 32. The van der Waals surface area contributed by atoms with E-state index in [0.717, 1.165) is 70.7 Å². The van der Waals surface area contributed by atoms with Crippen LogP contribution in [0.5, 0.6) is 0 Å². The highest BCUT2D eigenvalue weighted by atomic mass is 16.8. The molecule has 5 aliphatic rings. The zero-order valence-corrected chi connectivity index (χ0v) is 62.0. The summed E-state index contributed by atoms with van der Waals surface area (Å²) in [5.41, 5.74) is 4.05. The van der Waals surface area contributed by atoms with Crippen molar-refractivity contribution in [3.63, 3.8) is 0 Å². The highest BCUT2D eigenvalue weighted by molar-refractivity contribution is 5.92. The second kappa shape index (κ2) is 38.0. The first kappa shape index (κ1) is 82.4. The van der Waals surface area contributed by atoms with Gasteiger partial charge in [0.1, 0.15) is 24.4 Å². The predicted molar refractivity (Wildman–Crippen MR) is 370 cm³/mol. The van der Waals surface area contributed by atoms with Crippen LogP contribution in [0, 0.1) is 27.7 Å². The first-order chi connectivity index (χ1) is 52.5. The summed E-state index contributed by atoms with van der Waals surface area (Å²) in [5.74, 6) is -10.4. The fourth-order valence-corrected chi connectivity index (χ4v) is 12.6. The third kappa shape index (κ3) is 22.1. The minimum absolute atomic E-state index is 0.00583. The maximum absolute atomic E-state index is 14.8. The summed E-state index contributed by atoms with van der Waals surface area (Å²) in [6.07, 6.45) is -33.9. The molecule has 0 saturated carbocycles. The summed E-state index contributed by atoms with van der Waals surface area (Å²) in [7, 11) is 0. The maximum atomic E-state index is 14.8. The van der Waals surface area contributed by atoms with Gasteiger partial charge >= 0.3 is 65.7 Å². The van der Waals surface area contributed by atoms with Gasteiger partial charge in [0.25, 0.3) is 0 Å². The lowest BCUT2D eigenvalue weighted by Gasteiger charge is -2.48. The average Bonchev–Trinajstić information content (AvgIpc) is 0.775. The number of carbonyl (C=O) groups is 11. The molecule has 5 aromatic carbocycles. The molecule has 0 amide bonds. The molecule has 0 bridgehead atoms. The molecule has 5 saturated heterocycles. The molecule has 20 atom stereocenters. The van der Waals surface area contributed by atoms with E-state index in [2.05, 4.69) is 0 Å². The van der Waals surface area contributed by atoms with Crippen LogP contribution >= 0.6 is 0 Å². The van der Waals surface area contributed by atoms with Gasteiger partial charge in [-0.25, -0.2) is 19.2 Å². The molecular weight excluding hydrogens is 1450 g/mol. The van der Waals surface area contributed by atoms with Crippen LogP contribution < -0.4 is 0 Å². The maximum Gasteiger partial charge on any atom is 0.338 e. The highest BCUT2D eigenvalue weighted by Gasteiger charge is 2.58. The Bertz CT molecular complexity index is 4040. The van der Waals surface area contributed by atoms with Gasteiger partial charge in [-0.2, -0.15) is 0 Å². The zero-order valence-electron chi connectivity index (χ0n) is 62.0. The molecule has 10 rings (SSSR count). The van der Waals surface area contributed by atoms with Gasteiger partial charge in [-0.05, 0) is 81.8 Å². The SMILES string of the molecule is CC(=O)O[C@@H]1[C@@H](OC(C)=O)[C@H](O[C@@H]2CO[C@@H](O[C@@H]3CO[C@@H](O[C@@H]4CO[C@@H](O[C@@H]5CO[C@@H](OCc6ccccc6)[C@H](OC(=O)c6ccc(C)cc6)[C@H]5OC(=O)c5ccc(C)cc5)[C@H](OC(=O)c5ccc(C)cc5)[C@H]4OC(=O)c4ccc(C)cc4)[C@H](OC(C)=O)[C@H]3OC(C)=O)[C@H](OC(C)=O)[C@H]2OC(C)=O)OC[C@H]1OC(C)=O. The van der Waals surface area contributed by atoms with Crippen LogP contribution in [-0.2, 0) is 140 Å². The van der Waals surface area contributed by atoms with Crippen molar-refractivity contribution in [1.29, 1.82) is 0 Å². The van der Waals surface area contributed by atoms with Gasteiger partial charge in [0.2, 0.25) is 0 Å². The monoisotopic (exact) mass is 1530 g/mol. The number of ether oxygens (including phenoxy) is 21. The summed E-state index contributed by atoms with van der Waals surface area (Å²) >= 11 is 0. The molecule has 0 N–H and O–H groups in total. The Balaban J connectivity index is 0.991. The summed E-state index contributed by atoms with van der Waals surface area (Å²) in [6.45, 7) is 11.3. The number of rotatable bonds is 26. The van der Waals surface area contributed by atoms with E-state index in [-0.39, 0.29) is 28.9 Å². The van der Waals surface area contributed by atoms with E-state index < -0.39 is 222 Å². The van der Waals surface area contributed by atoms with Gasteiger partial charge in [0, 0.05) is 48.5 Å². The third-order valence-corrected chi connectivity index (χ3v) is 17.7. The van der Waals surface area contributed by atoms with Gasteiger partial charge in [-0.1, -0.05) is 101 Å². The Hall–Kier alpha value is -10.1. The number of aryl methyl sites for hydroxylation is 4. The molecule has 0 aromatic heterocycles. The van der Waals surface area contributed by atoms with Crippen molar-refractivity contribution in [2.75, 3.05) is 33.0 Å². The van der Waals surface area contributed by atoms with Crippen LogP contribution in [0.4, 0.5) is 0 Å². The standard InChI is InChI=1S/C78H86O32/c1-39-17-25-51(26-18-39)70(86)107-63-58(35-91-74(90-33-50-15-13-12-14-16-50)65(63)109-72(88)53-29-21-41(3)22-30-53)106-78-69(110-73(89)54-31-23-42(4)24-32-54)64(108-71(87)52-27-19-40(2)20-28-52)59(38-95-78)105-77-68(102-49(11)85)62(99-46(8)82)57(37-94-77)104-76-67(101-48(10)84)61(98-45(7)81)56(36-93-76)103-75-66(100-47(9)83)60(97-44(6)80)55(34-92-75)96-43(5)79/h12-32,55-69,74-78H,33-38H2,1-11H3/t55-,56-,57-,58-,59-,60+,61+,62+,63+,64+,65-,66-,67-,68-,69-,74-,75+,76+,77+,78+/m1/s1. The Morgan fingerprint density at radius 3 is 0.764 bits per heavy atom. The molecule has 0 spiro atoms. The fraction of sp³-hybridized carbons (Fsp3) is 0.474. The Kier molecular flexibility index (Phi) is 28.5. The van der Waals surface area contributed by atoms with Crippen molar-refractivity contribution in [3.8, 4) is 0 Å². The normalized spacial score (nSPS) is 28.6. The summed E-state index contributed by atoms with van der Waals surface area (Å²) in [5, 5.41) is 0. The van der Waals surface area contributed by atoms with Gasteiger partial charge in [-0.3, -0.25) is 33.6 Å². The topological polar surface area (TPSA) is 382 Å². The molecule has 5 aliphatic heterocycles. The van der Waals surface area contributed by atoms with Crippen LogP contribution in [0.2, 0.25) is 0 Å². The van der Waals surface area contributed by atoms with Crippen LogP contribution in [0.3, 0.4) is 0 Å². The molecule has 32 heteroatoms. The zero-order chi connectivity index (χ0) is 79.0. The lowest BCUT2D eigenvalue weighted by Crippen LogP contribution is -2.65. The van der Waals surface area contributed by atoms with Gasteiger partial charge < -0.3 is 99.5 Å². The lowest BCUT2D eigenvalue weighted by atomic mass is 10.00. The molecule has 0 aliphatic carbocycles. The predicted octanol–water partition coefficient (Wildman–Crippen LogP) is 6.18. The van der Waals surface area contributed by atoms with E-state index in [9.17, 15) is 52.7 Å². The highest BCUT2D eigenvalue weighted by Crippen LogP contribution is 2.38.